The second-order valence-electron chi connectivity index (χ2n) is 6.84. The summed E-state index contributed by atoms with van der Waals surface area (Å²) in [6, 6.07) is 21.5. The Morgan fingerprint density at radius 2 is 1.68 bits per heavy atom. The summed E-state index contributed by atoms with van der Waals surface area (Å²) in [5, 5.41) is 8.67. The van der Waals surface area contributed by atoms with Crippen LogP contribution in [0.15, 0.2) is 71.8 Å². The number of hydrazone groups is 1. The van der Waals surface area contributed by atoms with Gasteiger partial charge in [0.25, 0.3) is 0 Å². The molecular formula is C22H15Cl3N2O. The maximum Gasteiger partial charge on any atom is 0.213 e. The minimum Gasteiger partial charge on any atom is -0.464 e. The smallest absolute Gasteiger partial charge is 0.213 e. The first-order valence-corrected chi connectivity index (χ1v) is 10.1. The molecule has 5 rings (SSSR count). The third-order valence-electron chi connectivity index (χ3n) is 5.11. The predicted octanol–water partition coefficient (Wildman–Crippen LogP) is 6.89. The number of ether oxygens (including phenoxy) is 1. The number of benzene rings is 3. The molecule has 0 fully saturated rings. The van der Waals surface area contributed by atoms with Crippen LogP contribution in [0.3, 0.4) is 0 Å². The van der Waals surface area contributed by atoms with Gasteiger partial charge in [-0.15, -0.1) is 0 Å². The Hall–Kier alpha value is -2.20. The van der Waals surface area contributed by atoms with Crippen LogP contribution in [-0.2, 0) is 0 Å². The Morgan fingerprint density at radius 1 is 0.893 bits per heavy atom. The molecule has 0 aliphatic carbocycles. The van der Waals surface area contributed by atoms with Crippen LogP contribution in [0.4, 0.5) is 0 Å². The van der Waals surface area contributed by atoms with E-state index in [-0.39, 0.29) is 12.3 Å². The summed E-state index contributed by atoms with van der Waals surface area (Å²) in [6.07, 6.45) is 0.416. The number of halogens is 3. The van der Waals surface area contributed by atoms with Crippen LogP contribution < -0.4 is 4.74 Å². The van der Waals surface area contributed by atoms with E-state index in [2.05, 4.69) is 6.07 Å². The average Bonchev–Trinajstić information content (AvgIpc) is 3.16. The first kappa shape index (κ1) is 17.9. The second kappa shape index (κ2) is 7.00. The lowest BCUT2D eigenvalue weighted by molar-refractivity contribution is -0.0190. The third-order valence-corrected chi connectivity index (χ3v) is 6.10. The van der Waals surface area contributed by atoms with Gasteiger partial charge in [-0.2, -0.15) is 5.10 Å². The van der Waals surface area contributed by atoms with Gasteiger partial charge in [0.1, 0.15) is 5.75 Å². The molecule has 3 nitrogen and oxygen atoms in total. The van der Waals surface area contributed by atoms with Gasteiger partial charge < -0.3 is 4.74 Å². The van der Waals surface area contributed by atoms with Gasteiger partial charge in [-0.05, 0) is 35.9 Å². The number of rotatable bonds is 2. The molecule has 0 unspecified atom stereocenters. The highest BCUT2D eigenvalue weighted by Gasteiger charge is 2.40. The molecule has 0 amide bonds. The fraction of sp³-hybridized carbons (Fsp3) is 0.136. The third kappa shape index (κ3) is 3.04. The van der Waals surface area contributed by atoms with Gasteiger partial charge in [0, 0.05) is 22.6 Å². The molecule has 0 spiro atoms. The Morgan fingerprint density at radius 3 is 2.46 bits per heavy atom. The van der Waals surface area contributed by atoms with Gasteiger partial charge >= 0.3 is 0 Å². The van der Waals surface area contributed by atoms with Crippen LogP contribution in [-0.4, -0.2) is 10.7 Å². The van der Waals surface area contributed by atoms with Crippen LogP contribution in [0.2, 0.25) is 15.1 Å². The van der Waals surface area contributed by atoms with E-state index in [0.29, 0.717) is 15.1 Å². The van der Waals surface area contributed by atoms with Crippen LogP contribution >= 0.6 is 34.8 Å². The first-order chi connectivity index (χ1) is 13.6. The lowest BCUT2D eigenvalue weighted by Crippen LogP contribution is -2.33. The fourth-order valence-electron chi connectivity index (χ4n) is 3.74. The van der Waals surface area contributed by atoms with Crippen LogP contribution in [0.1, 0.15) is 35.4 Å². The maximum atomic E-state index is 6.33. The Kier molecular flexibility index (Phi) is 4.47. The molecule has 2 heterocycles. The summed E-state index contributed by atoms with van der Waals surface area (Å²) in [6.45, 7) is 0. The van der Waals surface area contributed by atoms with E-state index in [1.807, 2.05) is 59.6 Å². The van der Waals surface area contributed by atoms with E-state index in [9.17, 15) is 0 Å². The van der Waals surface area contributed by atoms with Crippen molar-refractivity contribution in [1.82, 2.24) is 5.01 Å². The Bertz CT molecular complexity index is 1080. The van der Waals surface area contributed by atoms with Crippen molar-refractivity contribution >= 4 is 40.5 Å². The van der Waals surface area contributed by atoms with Crippen LogP contribution in [0.5, 0.6) is 5.75 Å². The molecule has 3 aromatic rings. The summed E-state index contributed by atoms with van der Waals surface area (Å²) in [7, 11) is 0. The van der Waals surface area contributed by atoms with Crippen molar-refractivity contribution in [2.24, 2.45) is 5.10 Å². The largest absolute Gasteiger partial charge is 0.464 e. The summed E-state index contributed by atoms with van der Waals surface area (Å²) in [4.78, 5) is 0. The topological polar surface area (TPSA) is 24.8 Å². The van der Waals surface area contributed by atoms with E-state index in [0.717, 1.165) is 34.6 Å². The minimum atomic E-state index is -0.375. The molecule has 0 bridgehead atoms. The standard InChI is InChI=1S/C22H15Cl3N2O/c23-15-8-5-13(6-9-15)19-12-20-16-3-1-2-4-21(16)28-22(27(20)26-19)14-7-10-17(24)18(25)11-14/h1-11,20,22H,12H2/t20-,22+/m0/s1. The van der Waals surface area contributed by atoms with Crippen molar-refractivity contribution in [3.63, 3.8) is 0 Å². The normalized spacial score (nSPS) is 20.2. The number of hydrogen-bond donors (Lipinski definition) is 0. The highest BCUT2D eigenvalue weighted by molar-refractivity contribution is 6.42. The quantitative estimate of drug-likeness (QED) is 0.443. The van der Waals surface area contributed by atoms with Gasteiger partial charge in [0.2, 0.25) is 6.23 Å². The van der Waals surface area contributed by atoms with Crippen molar-refractivity contribution in [3.8, 4) is 5.75 Å². The molecule has 6 heteroatoms. The zero-order valence-corrected chi connectivity index (χ0v) is 16.9. The molecule has 140 valence electrons. The van der Waals surface area contributed by atoms with E-state index >= 15 is 0 Å². The molecule has 0 radical (unpaired) electrons. The number of fused-ring (bicyclic) bond motifs is 3. The highest BCUT2D eigenvalue weighted by Crippen LogP contribution is 2.47. The molecule has 3 aromatic carbocycles. The molecule has 0 N–H and O–H groups in total. The van der Waals surface area contributed by atoms with Gasteiger partial charge in [-0.1, -0.05) is 71.2 Å². The molecule has 0 saturated carbocycles. The Labute approximate surface area is 178 Å². The minimum absolute atomic E-state index is 0.0927. The summed E-state index contributed by atoms with van der Waals surface area (Å²) in [5.74, 6) is 0.868. The Balaban J connectivity index is 1.59. The van der Waals surface area contributed by atoms with Gasteiger partial charge in [0.05, 0.1) is 21.8 Å². The van der Waals surface area contributed by atoms with Crippen LogP contribution in [0, 0.1) is 0 Å². The number of hydrogen-bond acceptors (Lipinski definition) is 3. The average molecular weight is 430 g/mol. The summed E-state index contributed by atoms with van der Waals surface area (Å²) >= 11 is 18.4. The molecule has 28 heavy (non-hydrogen) atoms. The zero-order chi connectivity index (χ0) is 19.3. The number of para-hydroxylation sites is 1. The lowest BCUT2D eigenvalue weighted by atomic mass is 9.96. The second-order valence-corrected chi connectivity index (χ2v) is 8.09. The monoisotopic (exact) mass is 428 g/mol. The van der Waals surface area contributed by atoms with E-state index in [1.54, 1.807) is 6.07 Å². The number of nitrogens with zero attached hydrogens (tertiary/aromatic N) is 2. The maximum absolute atomic E-state index is 6.33. The lowest BCUT2D eigenvalue weighted by Gasteiger charge is -2.38. The zero-order valence-electron chi connectivity index (χ0n) is 14.6. The SMILES string of the molecule is Clc1ccc(C2=NN3[C@@H](c4ccc(Cl)c(Cl)c4)Oc4ccccc4[C@@H]3C2)cc1. The molecule has 2 atom stereocenters. The molecule has 2 aliphatic heterocycles. The van der Waals surface area contributed by atoms with Crippen molar-refractivity contribution in [1.29, 1.82) is 0 Å². The first-order valence-electron chi connectivity index (χ1n) is 8.92. The van der Waals surface area contributed by atoms with Crippen LogP contribution in [0.25, 0.3) is 0 Å². The predicted molar refractivity (Wildman–Crippen MR) is 113 cm³/mol. The van der Waals surface area contributed by atoms with Crippen molar-refractivity contribution in [3.05, 3.63) is 98.5 Å². The molecule has 2 aliphatic rings. The van der Waals surface area contributed by atoms with Gasteiger partial charge in [-0.25, -0.2) is 5.01 Å². The molecular weight excluding hydrogens is 415 g/mol. The molecule has 0 aromatic heterocycles. The van der Waals surface area contributed by atoms with Gasteiger partial charge in [0.15, 0.2) is 0 Å². The molecule has 0 saturated heterocycles. The van der Waals surface area contributed by atoms with E-state index < -0.39 is 0 Å². The van der Waals surface area contributed by atoms with Gasteiger partial charge in [-0.3, -0.25) is 0 Å². The highest BCUT2D eigenvalue weighted by atomic mass is 35.5. The fourth-order valence-corrected chi connectivity index (χ4v) is 4.17. The van der Waals surface area contributed by atoms with Crippen molar-refractivity contribution < 1.29 is 4.74 Å². The summed E-state index contributed by atoms with van der Waals surface area (Å²) < 4.78 is 6.33. The van der Waals surface area contributed by atoms with Crippen molar-refractivity contribution in [2.45, 2.75) is 18.7 Å². The van der Waals surface area contributed by atoms with E-state index in [1.165, 1.54) is 0 Å². The summed E-state index contributed by atoms with van der Waals surface area (Å²) in [5.41, 5.74) is 4.11. The van der Waals surface area contributed by atoms with E-state index in [4.69, 9.17) is 44.6 Å². The van der Waals surface area contributed by atoms with Crippen molar-refractivity contribution in [2.75, 3.05) is 0 Å².